The van der Waals surface area contributed by atoms with Crippen molar-refractivity contribution >= 4 is 11.9 Å². The highest BCUT2D eigenvalue weighted by Crippen LogP contribution is 2.15. The minimum absolute atomic E-state index is 0.0139. The third kappa shape index (κ3) is 5.91. The number of nitrogens with one attached hydrogen (secondary N) is 1. The maximum absolute atomic E-state index is 12.8. The van der Waals surface area contributed by atoms with Crippen molar-refractivity contribution in [3.63, 3.8) is 0 Å². The number of carbonyl (C=O) groups excluding carboxylic acids is 2. The molecule has 0 aliphatic heterocycles. The van der Waals surface area contributed by atoms with Crippen molar-refractivity contribution in [2.45, 2.75) is 33.4 Å². The SMILES string of the molecule is CC(C)C(C)NC(=O)COC(=O)c1ccc(COc2ccc(F)cc2)o1. The van der Waals surface area contributed by atoms with Gasteiger partial charge in [-0.15, -0.1) is 0 Å². The summed E-state index contributed by atoms with van der Waals surface area (Å²) < 4.78 is 28.5. The van der Waals surface area contributed by atoms with Gasteiger partial charge in [-0.1, -0.05) is 13.8 Å². The summed E-state index contributed by atoms with van der Waals surface area (Å²) in [6, 6.07) is 8.55. The number of ether oxygens (including phenoxy) is 2. The molecule has 1 aromatic carbocycles. The van der Waals surface area contributed by atoms with Crippen LogP contribution in [0.25, 0.3) is 0 Å². The van der Waals surface area contributed by atoms with Gasteiger partial charge < -0.3 is 19.2 Å². The van der Waals surface area contributed by atoms with E-state index < -0.39 is 5.97 Å². The Labute approximate surface area is 151 Å². The van der Waals surface area contributed by atoms with E-state index in [1.807, 2.05) is 20.8 Å². The third-order valence-corrected chi connectivity index (χ3v) is 3.78. The van der Waals surface area contributed by atoms with Crippen LogP contribution < -0.4 is 10.1 Å². The summed E-state index contributed by atoms with van der Waals surface area (Å²) >= 11 is 0. The summed E-state index contributed by atoms with van der Waals surface area (Å²) in [5, 5.41) is 2.74. The quantitative estimate of drug-likeness (QED) is 0.728. The standard InChI is InChI=1S/C19H22FNO5/c1-12(2)13(3)21-18(22)11-25-19(23)17-9-8-16(26-17)10-24-15-6-4-14(20)5-7-15/h4-9,12-13H,10-11H2,1-3H3,(H,21,22). The van der Waals surface area contributed by atoms with Gasteiger partial charge in [0.2, 0.25) is 5.76 Å². The van der Waals surface area contributed by atoms with E-state index in [0.717, 1.165) is 0 Å². The highest BCUT2D eigenvalue weighted by Gasteiger charge is 2.16. The van der Waals surface area contributed by atoms with Crippen LogP contribution in [0.3, 0.4) is 0 Å². The van der Waals surface area contributed by atoms with Gasteiger partial charge in [-0.3, -0.25) is 4.79 Å². The van der Waals surface area contributed by atoms with Crippen LogP contribution in [-0.4, -0.2) is 24.5 Å². The first-order valence-electron chi connectivity index (χ1n) is 8.28. The van der Waals surface area contributed by atoms with Gasteiger partial charge in [0.25, 0.3) is 5.91 Å². The molecule has 0 aliphatic carbocycles. The second-order valence-electron chi connectivity index (χ2n) is 6.18. The first kappa shape index (κ1) is 19.5. The van der Waals surface area contributed by atoms with Crippen LogP contribution in [0.1, 0.15) is 37.1 Å². The largest absolute Gasteiger partial charge is 0.486 e. The van der Waals surface area contributed by atoms with E-state index >= 15 is 0 Å². The molecule has 2 rings (SSSR count). The molecule has 1 amide bonds. The lowest BCUT2D eigenvalue weighted by molar-refractivity contribution is -0.125. The van der Waals surface area contributed by atoms with Gasteiger partial charge in [0.05, 0.1) is 0 Å². The van der Waals surface area contributed by atoms with Gasteiger partial charge in [-0.25, -0.2) is 9.18 Å². The molecule has 0 saturated carbocycles. The number of carbonyl (C=O) groups is 2. The zero-order valence-corrected chi connectivity index (χ0v) is 15.0. The molecule has 0 aliphatic rings. The number of amides is 1. The van der Waals surface area contributed by atoms with Crippen molar-refractivity contribution in [2.75, 3.05) is 6.61 Å². The van der Waals surface area contributed by atoms with Crippen molar-refractivity contribution in [3.8, 4) is 5.75 Å². The molecule has 1 N–H and O–H groups in total. The summed E-state index contributed by atoms with van der Waals surface area (Å²) in [6.07, 6.45) is 0. The number of hydrogen-bond donors (Lipinski definition) is 1. The lowest BCUT2D eigenvalue weighted by Gasteiger charge is -2.17. The smallest absolute Gasteiger partial charge is 0.374 e. The minimum atomic E-state index is -0.731. The molecule has 26 heavy (non-hydrogen) atoms. The zero-order chi connectivity index (χ0) is 19.1. The maximum atomic E-state index is 12.8. The summed E-state index contributed by atoms with van der Waals surface area (Å²) in [7, 11) is 0. The molecule has 1 unspecified atom stereocenters. The first-order chi connectivity index (χ1) is 12.3. The van der Waals surface area contributed by atoms with Crippen molar-refractivity contribution in [3.05, 3.63) is 53.7 Å². The van der Waals surface area contributed by atoms with E-state index in [0.29, 0.717) is 11.5 Å². The fraction of sp³-hybridized carbons (Fsp3) is 0.368. The van der Waals surface area contributed by atoms with E-state index in [4.69, 9.17) is 13.9 Å². The van der Waals surface area contributed by atoms with Gasteiger partial charge >= 0.3 is 5.97 Å². The predicted octanol–water partition coefficient (Wildman–Crippen LogP) is 3.32. The van der Waals surface area contributed by atoms with Crippen LogP contribution in [0.2, 0.25) is 0 Å². The molecule has 1 heterocycles. The number of furan rings is 1. The van der Waals surface area contributed by atoms with Gasteiger partial charge in [0, 0.05) is 6.04 Å². The number of esters is 1. The maximum Gasteiger partial charge on any atom is 0.374 e. The van der Waals surface area contributed by atoms with Gasteiger partial charge in [0.1, 0.15) is 23.9 Å². The molecule has 140 valence electrons. The predicted molar refractivity (Wildman–Crippen MR) is 92.2 cm³/mol. The van der Waals surface area contributed by atoms with Crippen molar-refractivity contribution in [2.24, 2.45) is 5.92 Å². The summed E-state index contributed by atoms with van der Waals surface area (Å²) in [5.41, 5.74) is 0. The fourth-order valence-corrected chi connectivity index (χ4v) is 1.91. The molecule has 0 bridgehead atoms. The van der Waals surface area contributed by atoms with Crippen molar-refractivity contribution in [1.82, 2.24) is 5.32 Å². The topological polar surface area (TPSA) is 77.8 Å². The Bertz CT molecular complexity index is 739. The summed E-state index contributed by atoms with van der Waals surface area (Å²) in [4.78, 5) is 23.6. The molecule has 7 heteroatoms. The molecule has 0 saturated heterocycles. The van der Waals surface area contributed by atoms with Crippen LogP contribution in [0.15, 0.2) is 40.8 Å². The fourth-order valence-electron chi connectivity index (χ4n) is 1.91. The van der Waals surface area contributed by atoms with Crippen molar-refractivity contribution < 1.29 is 27.9 Å². The molecule has 0 radical (unpaired) electrons. The molecule has 0 spiro atoms. The average molecular weight is 363 g/mol. The van der Waals surface area contributed by atoms with E-state index in [-0.39, 0.29) is 42.7 Å². The number of rotatable bonds is 8. The second kappa shape index (κ2) is 9.03. The second-order valence-corrected chi connectivity index (χ2v) is 6.18. The molecule has 6 nitrogen and oxygen atoms in total. The van der Waals surface area contributed by atoms with Crippen LogP contribution in [0, 0.1) is 11.7 Å². The lowest BCUT2D eigenvalue weighted by Crippen LogP contribution is -2.38. The highest BCUT2D eigenvalue weighted by molar-refractivity contribution is 5.88. The Morgan fingerprint density at radius 2 is 1.81 bits per heavy atom. The van der Waals surface area contributed by atoms with E-state index in [1.165, 1.54) is 30.3 Å². The number of benzene rings is 1. The van der Waals surface area contributed by atoms with Gasteiger partial charge in [0.15, 0.2) is 6.61 Å². The Morgan fingerprint density at radius 1 is 1.12 bits per heavy atom. The molecule has 1 aromatic heterocycles. The Hall–Kier alpha value is -2.83. The zero-order valence-electron chi connectivity index (χ0n) is 15.0. The molecular weight excluding hydrogens is 341 g/mol. The van der Waals surface area contributed by atoms with Gasteiger partial charge in [-0.2, -0.15) is 0 Å². The third-order valence-electron chi connectivity index (χ3n) is 3.78. The van der Waals surface area contributed by atoms with E-state index in [9.17, 15) is 14.0 Å². The Kier molecular flexibility index (Phi) is 6.77. The van der Waals surface area contributed by atoms with Gasteiger partial charge in [-0.05, 0) is 49.2 Å². The van der Waals surface area contributed by atoms with E-state index in [2.05, 4.69) is 5.32 Å². The molecular formula is C19H22FNO5. The number of hydrogen-bond acceptors (Lipinski definition) is 5. The van der Waals surface area contributed by atoms with Crippen LogP contribution in [-0.2, 0) is 16.1 Å². The molecule has 0 fully saturated rings. The minimum Gasteiger partial charge on any atom is -0.486 e. The van der Waals surface area contributed by atoms with Crippen LogP contribution in [0.5, 0.6) is 5.75 Å². The highest BCUT2D eigenvalue weighted by atomic mass is 19.1. The first-order valence-corrected chi connectivity index (χ1v) is 8.28. The Balaban J connectivity index is 1.79. The Morgan fingerprint density at radius 3 is 2.46 bits per heavy atom. The van der Waals surface area contributed by atoms with E-state index in [1.54, 1.807) is 6.07 Å². The average Bonchev–Trinajstić information content (AvgIpc) is 3.08. The summed E-state index contributed by atoms with van der Waals surface area (Å²) in [6.45, 7) is 5.54. The summed E-state index contributed by atoms with van der Waals surface area (Å²) in [5.74, 6) is -0.318. The van der Waals surface area contributed by atoms with Crippen LogP contribution >= 0.6 is 0 Å². The van der Waals surface area contributed by atoms with Crippen molar-refractivity contribution in [1.29, 1.82) is 0 Å². The molecule has 1 atom stereocenters. The monoisotopic (exact) mass is 363 g/mol. The number of halogens is 1. The molecule has 2 aromatic rings. The normalized spacial score (nSPS) is 11.9. The lowest BCUT2D eigenvalue weighted by atomic mass is 10.1. The van der Waals surface area contributed by atoms with Crippen LogP contribution in [0.4, 0.5) is 4.39 Å².